The average molecular weight is 297 g/mol. The topological polar surface area (TPSA) is 49.3 Å². The number of carbonyl (C=O) groups excluding carboxylic acids is 1. The van der Waals surface area contributed by atoms with Crippen LogP contribution in [0.15, 0.2) is 30.3 Å². The van der Waals surface area contributed by atoms with Gasteiger partial charge in [-0.2, -0.15) is 0 Å². The minimum absolute atomic E-state index is 0.299. The quantitative estimate of drug-likeness (QED) is 0.333. The Morgan fingerprint density at radius 2 is 1.64 bits per heavy atom. The second-order valence-corrected chi connectivity index (χ2v) is 5.07. The van der Waals surface area contributed by atoms with Gasteiger partial charge in [0.1, 0.15) is 0 Å². The largest absolute Gasteiger partial charge is 0.289 e. The highest BCUT2D eigenvalue weighted by Crippen LogP contribution is 2.08. The zero-order chi connectivity index (χ0) is 15.9. The molecule has 2 N–H and O–H groups in total. The maximum atomic E-state index is 10.8. The predicted octanol–water partition coefficient (Wildman–Crippen LogP) is 3.67. The molecule has 0 aliphatic carbocycles. The number of carbonyl (C=O) groups is 1. The first-order valence-corrected chi connectivity index (χ1v) is 7.80. The molecule has 0 radical (unpaired) electrons. The van der Waals surface area contributed by atoms with Crippen molar-refractivity contribution in [2.24, 2.45) is 0 Å². The van der Waals surface area contributed by atoms with Crippen LogP contribution in [0.1, 0.15) is 56.9 Å². The molecule has 3 heteroatoms. The van der Waals surface area contributed by atoms with Crippen LogP contribution in [0.25, 0.3) is 0 Å². The van der Waals surface area contributed by atoms with E-state index in [1.807, 2.05) is 30.3 Å². The smallest absolute Gasteiger partial charge is 0.243 e. The van der Waals surface area contributed by atoms with Gasteiger partial charge < -0.3 is 0 Å². The van der Waals surface area contributed by atoms with E-state index in [0.29, 0.717) is 6.42 Å². The van der Waals surface area contributed by atoms with E-state index in [0.717, 1.165) is 50.5 Å². The normalized spacial score (nSPS) is 9.14. The first-order valence-electron chi connectivity index (χ1n) is 7.80. The summed E-state index contributed by atoms with van der Waals surface area (Å²) < 4.78 is 0. The predicted molar refractivity (Wildman–Crippen MR) is 88.0 cm³/mol. The molecule has 22 heavy (non-hydrogen) atoms. The SMILES string of the molecule is O=C(CCCCCCCCC#CC#Cc1ccccc1)NO. The van der Waals surface area contributed by atoms with E-state index >= 15 is 0 Å². The lowest BCUT2D eigenvalue weighted by Gasteiger charge is -2.00. The molecule has 0 unspecified atom stereocenters. The van der Waals surface area contributed by atoms with Crippen LogP contribution in [0.5, 0.6) is 0 Å². The summed E-state index contributed by atoms with van der Waals surface area (Å²) >= 11 is 0. The number of hydrogen-bond donors (Lipinski definition) is 2. The van der Waals surface area contributed by atoms with E-state index in [4.69, 9.17) is 5.21 Å². The van der Waals surface area contributed by atoms with Gasteiger partial charge in [-0.05, 0) is 36.8 Å². The number of benzene rings is 1. The van der Waals surface area contributed by atoms with Crippen molar-refractivity contribution in [1.82, 2.24) is 5.48 Å². The molecule has 0 aliphatic rings. The van der Waals surface area contributed by atoms with Gasteiger partial charge in [0, 0.05) is 18.4 Å². The molecule has 3 nitrogen and oxygen atoms in total. The van der Waals surface area contributed by atoms with E-state index in [1.165, 1.54) is 0 Å². The standard InChI is InChI=1S/C19H23NO2/c21-19(20-22)17-13-8-6-4-2-1-3-5-7-10-14-18-15-11-9-12-16-18/h9,11-12,15-16,22H,1-4,6,8,13,17H2,(H,20,21). The third-order valence-corrected chi connectivity index (χ3v) is 3.21. The lowest BCUT2D eigenvalue weighted by atomic mass is 10.1. The van der Waals surface area contributed by atoms with Crippen LogP contribution in [0.4, 0.5) is 0 Å². The highest BCUT2D eigenvalue weighted by Gasteiger charge is 1.97. The van der Waals surface area contributed by atoms with Gasteiger partial charge in [-0.3, -0.25) is 10.0 Å². The number of rotatable bonds is 8. The van der Waals surface area contributed by atoms with Gasteiger partial charge in [0.25, 0.3) is 0 Å². The average Bonchev–Trinajstić information content (AvgIpc) is 2.56. The Bertz CT molecular complexity index is 544. The molecule has 1 rings (SSSR count). The number of nitrogens with one attached hydrogen (secondary N) is 1. The molecular weight excluding hydrogens is 274 g/mol. The first kappa shape index (κ1) is 17.8. The Hall–Kier alpha value is -2.23. The molecule has 1 aromatic carbocycles. The minimum atomic E-state index is -0.299. The van der Waals surface area contributed by atoms with Gasteiger partial charge in [-0.25, -0.2) is 5.48 Å². The van der Waals surface area contributed by atoms with Gasteiger partial charge in [-0.15, -0.1) is 0 Å². The van der Waals surface area contributed by atoms with E-state index < -0.39 is 0 Å². The Morgan fingerprint density at radius 3 is 2.36 bits per heavy atom. The van der Waals surface area contributed by atoms with Crippen LogP contribution in [-0.4, -0.2) is 11.1 Å². The van der Waals surface area contributed by atoms with E-state index in [-0.39, 0.29) is 5.91 Å². The summed E-state index contributed by atoms with van der Waals surface area (Å²) in [6.45, 7) is 0. The third-order valence-electron chi connectivity index (χ3n) is 3.21. The lowest BCUT2D eigenvalue weighted by molar-refractivity contribution is -0.129. The fraction of sp³-hybridized carbons (Fsp3) is 0.421. The van der Waals surface area contributed by atoms with Crippen LogP contribution < -0.4 is 5.48 Å². The summed E-state index contributed by atoms with van der Waals surface area (Å²) in [6.07, 6.45) is 7.70. The van der Waals surface area contributed by atoms with Crippen molar-refractivity contribution in [2.45, 2.75) is 51.4 Å². The molecule has 0 heterocycles. The first-order chi connectivity index (χ1) is 10.8. The summed E-state index contributed by atoms with van der Waals surface area (Å²) in [7, 11) is 0. The van der Waals surface area contributed by atoms with Crippen molar-refractivity contribution in [2.75, 3.05) is 0 Å². The zero-order valence-corrected chi connectivity index (χ0v) is 12.9. The monoisotopic (exact) mass is 297 g/mol. The Morgan fingerprint density at radius 1 is 0.955 bits per heavy atom. The van der Waals surface area contributed by atoms with Crippen molar-refractivity contribution in [3.63, 3.8) is 0 Å². The summed E-state index contributed by atoms with van der Waals surface area (Å²) in [5.41, 5.74) is 2.64. The Labute approximate surface area is 133 Å². The van der Waals surface area contributed by atoms with Crippen molar-refractivity contribution in [1.29, 1.82) is 0 Å². The molecular formula is C19H23NO2. The summed E-state index contributed by atoms with van der Waals surface area (Å²) in [6, 6.07) is 9.84. The lowest BCUT2D eigenvalue weighted by Crippen LogP contribution is -2.17. The molecule has 0 aliphatic heterocycles. The minimum Gasteiger partial charge on any atom is -0.289 e. The molecule has 1 aromatic rings. The van der Waals surface area contributed by atoms with Gasteiger partial charge >= 0.3 is 0 Å². The fourth-order valence-electron chi connectivity index (χ4n) is 1.99. The molecule has 0 saturated heterocycles. The highest BCUT2D eigenvalue weighted by molar-refractivity contribution is 5.74. The molecule has 0 aromatic heterocycles. The molecule has 116 valence electrons. The van der Waals surface area contributed by atoms with Crippen molar-refractivity contribution in [3.8, 4) is 23.7 Å². The fourth-order valence-corrected chi connectivity index (χ4v) is 1.99. The summed E-state index contributed by atoms with van der Waals surface area (Å²) in [4.78, 5) is 10.8. The second kappa shape index (κ2) is 12.5. The Kier molecular flexibility index (Phi) is 10.1. The number of hydroxylamine groups is 1. The molecule has 0 spiro atoms. The number of hydrogen-bond acceptors (Lipinski definition) is 2. The molecule has 1 amide bonds. The van der Waals surface area contributed by atoms with E-state index in [2.05, 4.69) is 23.7 Å². The van der Waals surface area contributed by atoms with Crippen LogP contribution >= 0.6 is 0 Å². The third kappa shape index (κ3) is 9.64. The number of unbranched alkanes of at least 4 members (excludes halogenated alkanes) is 6. The maximum absolute atomic E-state index is 10.8. The van der Waals surface area contributed by atoms with Crippen molar-refractivity contribution < 1.29 is 10.0 Å². The van der Waals surface area contributed by atoms with Crippen LogP contribution in [0.2, 0.25) is 0 Å². The zero-order valence-electron chi connectivity index (χ0n) is 12.9. The highest BCUT2D eigenvalue weighted by atomic mass is 16.5. The van der Waals surface area contributed by atoms with E-state index in [9.17, 15) is 4.79 Å². The van der Waals surface area contributed by atoms with Crippen LogP contribution in [-0.2, 0) is 4.79 Å². The second-order valence-electron chi connectivity index (χ2n) is 5.07. The molecule has 0 bridgehead atoms. The molecule has 0 saturated carbocycles. The van der Waals surface area contributed by atoms with Gasteiger partial charge in [0.15, 0.2) is 0 Å². The molecule has 0 fully saturated rings. The summed E-state index contributed by atoms with van der Waals surface area (Å²) in [5.74, 6) is 11.5. The molecule has 0 atom stereocenters. The Balaban J connectivity index is 1.97. The van der Waals surface area contributed by atoms with Crippen molar-refractivity contribution in [3.05, 3.63) is 35.9 Å². The van der Waals surface area contributed by atoms with Crippen LogP contribution in [0.3, 0.4) is 0 Å². The van der Waals surface area contributed by atoms with Crippen molar-refractivity contribution >= 4 is 5.91 Å². The van der Waals surface area contributed by atoms with E-state index in [1.54, 1.807) is 5.48 Å². The van der Waals surface area contributed by atoms with Gasteiger partial charge in [-0.1, -0.05) is 55.7 Å². The van der Waals surface area contributed by atoms with Gasteiger partial charge in [0.05, 0.1) is 0 Å². The van der Waals surface area contributed by atoms with Gasteiger partial charge in [0.2, 0.25) is 5.91 Å². The number of amides is 1. The summed E-state index contributed by atoms with van der Waals surface area (Å²) in [5, 5.41) is 8.34. The van der Waals surface area contributed by atoms with Crippen LogP contribution in [0, 0.1) is 23.7 Å². The maximum Gasteiger partial charge on any atom is 0.243 e.